The average molecular weight is 301 g/mol. The van der Waals surface area contributed by atoms with Gasteiger partial charge in [0, 0.05) is 12.2 Å². The topological polar surface area (TPSA) is 90.9 Å². The van der Waals surface area contributed by atoms with Gasteiger partial charge in [-0.05, 0) is 19.8 Å². The fourth-order valence-corrected chi connectivity index (χ4v) is 1.24. The van der Waals surface area contributed by atoms with E-state index in [4.69, 9.17) is 9.47 Å². The summed E-state index contributed by atoms with van der Waals surface area (Å²) in [7, 11) is 1.25. The number of nitrogens with one attached hydrogen (secondary N) is 1. The molecular weight excluding hydrogens is 278 g/mol. The van der Waals surface area contributed by atoms with Gasteiger partial charge in [-0.25, -0.2) is 14.4 Å². The molecule has 0 fully saturated rings. The van der Waals surface area contributed by atoms with Crippen LogP contribution in [0.3, 0.4) is 0 Å². The second-order valence-corrected chi connectivity index (χ2v) is 4.94. The molecule has 0 aliphatic rings. The van der Waals surface area contributed by atoms with Gasteiger partial charge in [0.2, 0.25) is 0 Å². The van der Waals surface area contributed by atoms with Gasteiger partial charge in [-0.1, -0.05) is 13.8 Å². The number of alkyl carbamates (subject to hydrolysis) is 1. The lowest BCUT2D eigenvalue weighted by Crippen LogP contribution is -2.42. The van der Waals surface area contributed by atoms with Gasteiger partial charge in [0.05, 0.1) is 19.3 Å². The molecule has 0 spiro atoms. The SMILES string of the molecule is COC(=O)NC(COC(=O)C=CC(=O)OC(C)C)C(C)C. The number of methoxy groups -OCH3 is 1. The number of carbonyl (C=O) groups is 3. The zero-order chi connectivity index (χ0) is 16.4. The van der Waals surface area contributed by atoms with Crippen molar-refractivity contribution in [1.82, 2.24) is 5.32 Å². The quantitative estimate of drug-likeness (QED) is 0.434. The fourth-order valence-electron chi connectivity index (χ4n) is 1.24. The molecule has 120 valence electrons. The first-order valence-corrected chi connectivity index (χ1v) is 6.66. The first-order chi connectivity index (χ1) is 9.76. The molecule has 0 saturated heterocycles. The second kappa shape index (κ2) is 9.79. The molecule has 0 heterocycles. The molecule has 0 aromatic carbocycles. The molecule has 1 N–H and O–H groups in total. The summed E-state index contributed by atoms with van der Waals surface area (Å²) in [6.07, 6.45) is 1.13. The van der Waals surface area contributed by atoms with Crippen LogP contribution in [0.1, 0.15) is 27.7 Å². The average Bonchev–Trinajstić information content (AvgIpc) is 2.39. The molecule has 0 aliphatic heterocycles. The zero-order valence-corrected chi connectivity index (χ0v) is 13.0. The second-order valence-electron chi connectivity index (χ2n) is 4.94. The van der Waals surface area contributed by atoms with Crippen molar-refractivity contribution in [2.24, 2.45) is 5.92 Å². The maximum absolute atomic E-state index is 11.5. The third-order valence-corrected chi connectivity index (χ3v) is 2.41. The lowest BCUT2D eigenvalue weighted by molar-refractivity contribution is -0.143. The highest BCUT2D eigenvalue weighted by Gasteiger charge is 2.18. The first kappa shape index (κ1) is 18.9. The summed E-state index contributed by atoms with van der Waals surface area (Å²) in [5.41, 5.74) is 0. The summed E-state index contributed by atoms with van der Waals surface area (Å²) in [5.74, 6) is -1.25. The van der Waals surface area contributed by atoms with Crippen LogP contribution in [0.15, 0.2) is 12.2 Å². The predicted octanol–water partition coefficient (Wildman–Crippen LogP) is 1.42. The Labute approximate surface area is 124 Å². The molecule has 1 atom stereocenters. The fraction of sp³-hybridized carbons (Fsp3) is 0.643. The summed E-state index contributed by atoms with van der Waals surface area (Å²) in [4.78, 5) is 33.8. The minimum Gasteiger partial charge on any atom is -0.460 e. The third kappa shape index (κ3) is 9.48. The molecule has 21 heavy (non-hydrogen) atoms. The van der Waals surface area contributed by atoms with E-state index >= 15 is 0 Å². The lowest BCUT2D eigenvalue weighted by atomic mass is 10.1. The number of amides is 1. The van der Waals surface area contributed by atoms with E-state index in [1.165, 1.54) is 7.11 Å². The molecule has 0 radical (unpaired) electrons. The highest BCUT2D eigenvalue weighted by Crippen LogP contribution is 2.03. The number of carbonyl (C=O) groups excluding carboxylic acids is 3. The minimum absolute atomic E-state index is 0.0187. The molecule has 0 saturated carbocycles. The van der Waals surface area contributed by atoms with Crippen LogP contribution in [0.5, 0.6) is 0 Å². The van der Waals surface area contributed by atoms with Crippen molar-refractivity contribution >= 4 is 18.0 Å². The number of hydrogen-bond donors (Lipinski definition) is 1. The first-order valence-electron chi connectivity index (χ1n) is 6.66. The van der Waals surface area contributed by atoms with Crippen molar-refractivity contribution in [2.75, 3.05) is 13.7 Å². The summed E-state index contributed by atoms with van der Waals surface area (Å²) >= 11 is 0. The maximum atomic E-state index is 11.5. The van der Waals surface area contributed by atoms with Gasteiger partial charge in [-0.15, -0.1) is 0 Å². The van der Waals surface area contributed by atoms with Gasteiger partial charge in [0.25, 0.3) is 0 Å². The molecule has 1 unspecified atom stereocenters. The summed E-state index contributed by atoms with van der Waals surface area (Å²) in [5, 5.41) is 2.56. The van der Waals surface area contributed by atoms with Crippen LogP contribution in [-0.4, -0.2) is 43.9 Å². The summed E-state index contributed by atoms with van der Waals surface area (Å²) in [6, 6.07) is -0.377. The van der Waals surface area contributed by atoms with Crippen LogP contribution in [0.25, 0.3) is 0 Å². The van der Waals surface area contributed by atoms with Crippen LogP contribution in [0.4, 0.5) is 4.79 Å². The van der Waals surface area contributed by atoms with Gasteiger partial charge in [-0.3, -0.25) is 0 Å². The lowest BCUT2D eigenvalue weighted by Gasteiger charge is -2.20. The number of rotatable bonds is 7. The molecule has 7 heteroatoms. The van der Waals surface area contributed by atoms with Crippen molar-refractivity contribution in [1.29, 1.82) is 0 Å². The zero-order valence-electron chi connectivity index (χ0n) is 13.0. The molecule has 0 rings (SSSR count). The Balaban J connectivity index is 4.28. The van der Waals surface area contributed by atoms with Crippen LogP contribution >= 0.6 is 0 Å². The third-order valence-electron chi connectivity index (χ3n) is 2.41. The van der Waals surface area contributed by atoms with Crippen molar-refractivity contribution in [3.8, 4) is 0 Å². The maximum Gasteiger partial charge on any atom is 0.407 e. The van der Waals surface area contributed by atoms with Gasteiger partial charge in [-0.2, -0.15) is 0 Å². The molecule has 0 aromatic rings. The van der Waals surface area contributed by atoms with Crippen molar-refractivity contribution in [3.63, 3.8) is 0 Å². The molecule has 0 aromatic heterocycles. The predicted molar refractivity (Wildman–Crippen MR) is 75.5 cm³/mol. The monoisotopic (exact) mass is 301 g/mol. The highest BCUT2D eigenvalue weighted by molar-refractivity contribution is 5.91. The number of esters is 2. The van der Waals surface area contributed by atoms with E-state index in [1.54, 1.807) is 13.8 Å². The normalized spacial score (nSPS) is 12.3. The Kier molecular flexibility index (Phi) is 8.84. The van der Waals surface area contributed by atoms with Gasteiger partial charge in [0.15, 0.2) is 0 Å². The Morgan fingerprint density at radius 3 is 2.10 bits per heavy atom. The molecule has 1 amide bonds. The van der Waals surface area contributed by atoms with Crippen LogP contribution < -0.4 is 5.32 Å². The van der Waals surface area contributed by atoms with E-state index in [-0.39, 0.29) is 24.7 Å². The smallest absolute Gasteiger partial charge is 0.407 e. The van der Waals surface area contributed by atoms with Gasteiger partial charge >= 0.3 is 18.0 Å². The van der Waals surface area contributed by atoms with Crippen LogP contribution in [0, 0.1) is 5.92 Å². The molecule has 7 nitrogen and oxygen atoms in total. The molecule has 0 aliphatic carbocycles. The summed E-state index contributed by atoms with van der Waals surface area (Å²) in [6.45, 7) is 7.12. The van der Waals surface area contributed by atoms with Gasteiger partial charge in [0.1, 0.15) is 6.61 Å². The molecular formula is C14H23NO6. The number of ether oxygens (including phenoxy) is 3. The van der Waals surface area contributed by atoms with Gasteiger partial charge < -0.3 is 19.5 Å². The van der Waals surface area contributed by atoms with Crippen LogP contribution in [0.2, 0.25) is 0 Å². The molecule has 0 bridgehead atoms. The highest BCUT2D eigenvalue weighted by atomic mass is 16.5. The van der Waals surface area contributed by atoms with Crippen LogP contribution in [-0.2, 0) is 23.8 Å². The Morgan fingerprint density at radius 2 is 1.62 bits per heavy atom. The standard InChI is InChI=1S/C14H23NO6/c1-9(2)11(15-14(18)19-5)8-20-12(16)6-7-13(17)21-10(3)4/h6-7,9-11H,8H2,1-5H3,(H,15,18). The van der Waals surface area contributed by atoms with Crippen molar-refractivity contribution in [2.45, 2.75) is 39.8 Å². The summed E-state index contributed by atoms with van der Waals surface area (Å²) < 4.78 is 14.3. The van der Waals surface area contributed by atoms with E-state index in [1.807, 2.05) is 13.8 Å². The van der Waals surface area contributed by atoms with Crippen molar-refractivity contribution < 1.29 is 28.6 Å². The van der Waals surface area contributed by atoms with Crippen molar-refractivity contribution in [3.05, 3.63) is 12.2 Å². The Morgan fingerprint density at radius 1 is 1.05 bits per heavy atom. The minimum atomic E-state index is -0.687. The number of hydrogen-bond acceptors (Lipinski definition) is 6. The van der Waals surface area contributed by atoms with E-state index in [9.17, 15) is 14.4 Å². The Bertz CT molecular complexity index is 389. The Hall–Kier alpha value is -2.05. The van der Waals surface area contributed by atoms with E-state index in [0.717, 1.165) is 12.2 Å². The van der Waals surface area contributed by atoms with E-state index < -0.39 is 18.0 Å². The van der Waals surface area contributed by atoms with E-state index in [0.29, 0.717) is 0 Å². The van der Waals surface area contributed by atoms with E-state index in [2.05, 4.69) is 10.1 Å². The largest absolute Gasteiger partial charge is 0.460 e.